The van der Waals surface area contributed by atoms with Crippen LogP contribution in [-0.4, -0.2) is 72.4 Å². The lowest BCUT2D eigenvalue weighted by molar-refractivity contribution is -0.130. The number of carbonyl (C=O) groups is 3. The maximum atomic E-state index is 13.4. The van der Waals surface area contributed by atoms with Gasteiger partial charge in [0.25, 0.3) is 15.9 Å². The number of amides is 2. The van der Waals surface area contributed by atoms with Gasteiger partial charge >= 0.3 is 0 Å². The van der Waals surface area contributed by atoms with Crippen LogP contribution in [0, 0.1) is 5.92 Å². The minimum absolute atomic E-state index is 0.0838. The fourth-order valence-electron chi connectivity index (χ4n) is 4.54. The molecule has 38 heavy (non-hydrogen) atoms. The molecule has 1 N–H and O–H groups in total. The van der Waals surface area contributed by atoms with E-state index in [9.17, 15) is 22.8 Å². The molecule has 2 atom stereocenters. The third-order valence-electron chi connectivity index (χ3n) is 6.60. The summed E-state index contributed by atoms with van der Waals surface area (Å²) in [6.07, 6.45) is 2.42. The zero-order valence-corrected chi connectivity index (χ0v) is 22.5. The standard InChI is InChI=1S/C27H32N4O6S/c1-18(2)15-21(30(3)27(34)24-16-19-9-4-5-11-23(19)37-24)26(33)29-20-10-8-14-31(17-22(20)32)38(35,36)25-12-6-7-13-28-25/h4-7,9,11-13,16,18,20-21H,8,10,14-15,17H2,1-3H3,(H,29,33)/t20?,21-/m0/s1. The van der Waals surface area contributed by atoms with Crippen molar-refractivity contribution in [3.8, 4) is 0 Å². The van der Waals surface area contributed by atoms with Gasteiger partial charge in [-0.3, -0.25) is 14.4 Å². The van der Waals surface area contributed by atoms with Gasteiger partial charge in [-0.15, -0.1) is 0 Å². The Hall–Kier alpha value is -3.57. The molecule has 4 rings (SSSR count). The molecule has 2 aromatic heterocycles. The van der Waals surface area contributed by atoms with Crippen LogP contribution in [0.3, 0.4) is 0 Å². The number of para-hydroxylation sites is 1. The Morgan fingerprint density at radius 2 is 1.92 bits per heavy atom. The average molecular weight is 541 g/mol. The van der Waals surface area contributed by atoms with Crippen LogP contribution in [0.2, 0.25) is 0 Å². The Morgan fingerprint density at radius 3 is 2.61 bits per heavy atom. The second kappa shape index (κ2) is 11.4. The molecule has 1 aromatic carbocycles. The number of sulfonamides is 1. The SMILES string of the molecule is CC(C)C[C@@H](C(=O)NC1CCCN(S(=O)(=O)c2ccccn2)CC1=O)N(C)C(=O)c1cc2ccccc2o1. The molecule has 0 saturated carbocycles. The van der Waals surface area contributed by atoms with Gasteiger partial charge in [0.1, 0.15) is 11.6 Å². The minimum Gasteiger partial charge on any atom is -0.451 e. The van der Waals surface area contributed by atoms with Crippen molar-refractivity contribution in [3.05, 3.63) is 60.5 Å². The van der Waals surface area contributed by atoms with Crippen LogP contribution in [0.1, 0.15) is 43.7 Å². The number of furan rings is 1. The zero-order chi connectivity index (χ0) is 27.4. The normalized spacial score (nSPS) is 17.8. The number of aromatic nitrogens is 1. The summed E-state index contributed by atoms with van der Waals surface area (Å²) >= 11 is 0. The Morgan fingerprint density at radius 1 is 1.18 bits per heavy atom. The summed E-state index contributed by atoms with van der Waals surface area (Å²) in [5.74, 6) is -1.12. The van der Waals surface area contributed by atoms with Crippen molar-refractivity contribution in [1.29, 1.82) is 0 Å². The molecule has 202 valence electrons. The van der Waals surface area contributed by atoms with E-state index in [4.69, 9.17) is 4.42 Å². The van der Waals surface area contributed by atoms with Gasteiger partial charge in [-0.05, 0) is 49.4 Å². The smallest absolute Gasteiger partial charge is 0.290 e. The lowest BCUT2D eigenvalue weighted by atomic mass is 10.00. The third-order valence-corrected chi connectivity index (χ3v) is 8.36. The van der Waals surface area contributed by atoms with Gasteiger partial charge in [-0.2, -0.15) is 4.31 Å². The summed E-state index contributed by atoms with van der Waals surface area (Å²) in [5, 5.41) is 3.44. The Balaban J connectivity index is 1.48. The lowest BCUT2D eigenvalue weighted by Crippen LogP contribution is -2.53. The molecule has 3 heterocycles. The van der Waals surface area contributed by atoms with Gasteiger partial charge in [0, 0.05) is 25.2 Å². The van der Waals surface area contributed by atoms with Crippen molar-refractivity contribution in [2.45, 2.75) is 50.2 Å². The number of nitrogens with zero attached hydrogens (tertiary/aromatic N) is 3. The van der Waals surface area contributed by atoms with Gasteiger partial charge in [0.05, 0.1) is 12.6 Å². The highest BCUT2D eigenvalue weighted by molar-refractivity contribution is 7.89. The molecule has 1 saturated heterocycles. The lowest BCUT2D eigenvalue weighted by Gasteiger charge is -2.29. The van der Waals surface area contributed by atoms with Gasteiger partial charge in [0.15, 0.2) is 16.6 Å². The van der Waals surface area contributed by atoms with Crippen LogP contribution >= 0.6 is 0 Å². The minimum atomic E-state index is -3.94. The molecule has 0 bridgehead atoms. The molecule has 0 radical (unpaired) electrons. The quantitative estimate of drug-likeness (QED) is 0.465. The predicted molar refractivity (Wildman–Crippen MR) is 141 cm³/mol. The number of benzene rings is 1. The molecule has 10 nitrogen and oxygen atoms in total. The van der Waals surface area contributed by atoms with E-state index in [1.165, 1.54) is 24.2 Å². The summed E-state index contributed by atoms with van der Waals surface area (Å²) < 4.78 is 32.8. The monoisotopic (exact) mass is 540 g/mol. The van der Waals surface area contributed by atoms with Crippen LogP contribution < -0.4 is 5.32 Å². The van der Waals surface area contributed by atoms with E-state index in [0.29, 0.717) is 18.4 Å². The number of pyridine rings is 1. The highest BCUT2D eigenvalue weighted by Gasteiger charge is 2.36. The average Bonchev–Trinajstić information content (AvgIpc) is 3.25. The summed E-state index contributed by atoms with van der Waals surface area (Å²) in [6, 6.07) is 11.8. The summed E-state index contributed by atoms with van der Waals surface area (Å²) in [5.41, 5.74) is 0.573. The van der Waals surface area contributed by atoms with E-state index in [2.05, 4.69) is 10.3 Å². The molecule has 1 unspecified atom stereocenters. The number of likely N-dealkylation sites (N-methyl/N-ethyl adjacent to an activating group) is 1. The van der Waals surface area contributed by atoms with Crippen molar-refractivity contribution in [3.63, 3.8) is 0 Å². The second-order valence-electron chi connectivity index (χ2n) is 9.89. The Kier molecular flexibility index (Phi) is 8.27. The number of ketones is 1. The van der Waals surface area contributed by atoms with Crippen molar-refractivity contribution in [2.24, 2.45) is 5.92 Å². The molecule has 0 aliphatic carbocycles. The number of rotatable bonds is 8. The number of hydrogen-bond donors (Lipinski definition) is 1. The topological polar surface area (TPSA) is 130 Å². The highest BCUT2D eigenvalue weighted by atomic mass is 32.2. The first-order valence-corrected chi connectivity index (χ1v) is 14.0. The fraction of sp³-hybridized carbons (Fsp3) is 0.407. The maximum Gasteiger partial charge on any atom is 0.290 e. The van der Waals surface area contributed by atoms with E-state index < -0.39 is 39.7 Å². The van der Waals surface area contributed by atoms with Gasteiger partial charge in [-0.1, -0.05) is 38.1 Å². The van der Waals surface area contributed by atoms with Gasteiger partial charge in [-0.25, -0.2) is 13.4 Å². The molecular formula is C27H32N4O6S. The largest absolute Gasteiger partial charge is 0.451 e. The van der Waals surface area contributed by atoms with Crippen LogP contribution in [-0.2, 0) is 19.6 Å². The molecule has 11 heteroatoms. The number of carbonyl (C=O) groups excluding carboxylic acids is 3. The van der Waals surface area contributed by atoms with Crippen molar-refractivity contribution < 1.29 is 27.2 Å². The molecule has 1 fully saturated rings. The summed E-state index contributed by atoms with van der Waals surface area (Å²) in [7, 11) is -2.40. The van der Waals surface area contributed by atoms with Crippen LogP contribution in [0.25, 0.3) is 11.0 Å². The second-order valence-corrected chi connectivity index (χ2v) is 11.8. The number of hydrogen-bond acceptors (Lipinski definition) is 7. The van der Waals surface area contributed by atoms with Crippen molar-refractivity contribution in [1.82, 2.24) is 19.5 Å². The molecule has 1 aliphatic heterocycles. The van der Waals surface area contributed by atoms with E-state index in [0.717, 1.165) is 9.69 Å². The third kappa shape index (κ3) is 5.94. The first-order chi connectivity index (χ1) is 18.1. The number of Topliss-reactive ketones (excluding diaryl/α,β-unsaturated/α-hetero) is 1. The molecule has 1 aliphatic rings. The van der Waals surface area contributed by atoms with E-state index in [-0.39, 0.29) is 36.2 Å². The molecular weight excluding hydrogens is 508 g/mol. The fourth-order valence-corrected chi connectivity index (χ4v) is 5.92. The number of nitrogens with one attached hydrogen (secondary N) is 1. The number of fused-ring (bicyclic) bond motifs is 1. The van der Waals surface area contributed by atoms with Crippen LogP contribution in [0.4, 0.5) is 0 Å². The zero-order valence-electron chi connectivity index (χ0n) is 21.7. The van der Waals surface area contributed by atoms with Crippen molar-refractivity contribution >= 4 is 38.6 Å². The summed E-state index contributed by atoms with van der Waals surface area (Å²) in [4.78, 5) is 45.0. The van der Waals surface area contributed by atoms with Crippen LogP contribution in [0.15, 0.2) is 64.2 Å². The molecule has 0 spiro atoms. The Labute approximate surface area is 222 Å². The molecule has 3 aromatic rings. The van der Waals surface area contributed by atoms with E-state index >= 15 is 0 Å². The van der Waals surface area contributed by atoms with E-state index in [1.54, 1.807) is 24.3 Å². The van der Waals surface area contributed by atoms with Crippen LogP contribution in [0.5, 0.6) is 0 Å². The van der Waals surface area contributed by atoms with Gasteiger partial charge in [0.2, 0.25) is 5.91 Å². The van der Waals surface area contributed by atoms with E-state index in [1.807, 2.05) is 32.0 Å². The Bertz CT molecular complexity index is 1390. The maximum absolute atomic E-state index is 13.4. The highest BCUT2D eigenvalue weighted by Crippen LogP contribution is 2.22. The summed E-state index contributed by atoms with van der Waals surface area (Å²) in [6.45, 7) is 3.65. The van der Waals surface area contributed by atoms with Crippen molar-refractivity contribution in [2.75, 3.05) is 20.1 Å². The first-order valence-electron chi connectivity index (χ1n) is 12.6. The first kappa shape index (κ1) is 27.5. The van der Waals surface area contributed by atoms with Gasteiger partial charge < -0.3 is 14.6 Å². The molecule has 2 amide bonds. The predicted octanol–water partition coefficient (Wildman–Crippen LogP) is 2.85.